The monoisotopic (exact) mass is 748 g/mol. The van der Waals surface area contributed by atoms with Crippen LogP contribution in [-0.4, -0.2) is 15.0 Å². The average Bonchev–Trinajstić information content (AvgIpc) is 3.86. The number of hydrogen-bond donors (Lipinski definition) is 0. The first kappa shape index (κ1) is 33.0. The van der Waals surface area contributed by atoms with E-state index in [0.29, 0.717) is 17.5 Å². The fraction of sp³-hybridized carbons (Fsp3) is 0. The highest BCUT2D eigenvalue weighted by molar-refractivity contribution is 7.26. The molecule has 5 nitrogen and oxygen atoms in total. The predicted octanol–water partition coefficient (Wildman–Crippen LogP) is 14.3. The zero-order chi connectivity index (χ0) is 37.7. The van der Waals surface area contributed by atoms with Gasteiger partial charge in [-0.25, -0.2) is 15.0 Å². The van der Waals surface area contributed by atoms with E-state index in [2.05, 4.69) is 132 Å². The number of anilines is 3. The maximum atomic E-state index is 6.57. The summed E-state index contributed by atoms with van der Waals surface area (Å²) in [7, 11) is 0. The zero-order valence-corrected chi connectivity index (χ0v) is 31.4. The fourth-order valence-electron chi connectivity index (χ4n) is 7.78. The molecule has 0 aliphatic heterocycles. The third-order valence-electron chi connectivity index (χ3n) is 10.5. The number of para-hydroxylation sites is 1. The van der Waals surface area contributed by atoms with E-state index in [9.17, 15) is 0 Å². The van der Waals surface area contributed by atoms with Gasteiger partial charge in [-0.2, -0.15) is 0 Å². The molecule has 0 radical (unpaired) electrons. The molecule has 0 spiro atoms. The van der Waals surface area contributed by atoms with Gasteiger partial charge in [0.25, 0.3) is 0 Å². The molecule has 0 saturated heterocycles. The summed E-state index contributed by atoms with van der Waals surface area (Å²) in [5, 5.41) is 4.66. The molecule has 6 heteroatoms. The average molecular weight is 749 g/mol. The molecule has 0 N–H and O–H groups in total. The molecule has 11 rings (SSSR count). The van der Waals surface area contributed by atoms with Crippen LogP contribution in [0.3, 0.4) is 0 Å². The van der Waals surface area contributed by atoms with Crippen molar-refractivity contribution in [1.29, 1.82) is 0 Å². The summed E-state index contributed by atoms with van der Waals surface area (Å²) in [5.74, 6) is 1.85. The minimum atomic E-state index is 0.596. The summed E-state index contributed by atoms with van der Waals surface area (Å²) < 4.78 is 9.14. The summed E-state index contributed by atoms with van der Waals surface area (Å²) in [6.07, 6.45) is 0. The molecule has 268 valence electrons. The lowest BCUT2D eigenvalue weighted by atomic mass is 10.0. The number of fused-ring (bicyclic) bond motifs is 6. The van der Waals surface area contributed by atoms with Crippen LogP contribution in [-0.2, 0) is 0 Å². The standard InChI is InChI=1S/C51H32N4OS/c1-4-13-34(14-5-1)49-52-50(35-15-6-2-7-16-35)54-51(53-49)37-26-30-41-40-29-25-36(31-44(40)56-45(41)32-37)33-23-27-39(28-24-33)55(38-17-8-3-9-18-38)43-20-12-22-47-48(43)42-19-10-11-21-46(42)57-47/h1-32H. The first-order valence-electron chi connectivity index (χ1n) is 18.9. The smallest absolute Gasteiger partial charge is 0.164 e. The highest BCUT2D eigenvalue weighted by atomic mass is 32.1. The highest BCUT2D eigenvalue weighted by Crippen LogP contribution is 2.45. The lowest BCUT2D eigenvalue weighted by Gasteiger charge is -2.26. The molecular weight excluding hydrogens is 717 g/mol. The molecule has 8 aromatic carbocycles. The van der Waals surface area contributed by atoms with E-state index in [1.165, 1.54) is 20.2 Å². The predicted molar refractivity (Wildman–Crippen MR) is 236 cm³/mol. The van der Waals surface area contributed by atoms with Crippen LogP contribution >= 0.6 is 11.3 Å². The van der Waals surface area contributed by atoms with Gasteiger partial charge >= 0.3 is 0 Å². The van der Waals surface area contributed by atoms with Gasteiger partial charge in [-0.1, -0.05) is 127 Å². The maximum absolute atomic E-state index is 6.57. The Morgan fingerprint density at radius 3 is 1.54 bits per heavy atom. The van der Waals surface area contributed by atoms with Gasteiger partial charge in [0.1, 0.15) is 11.2 Å². The molecule has 0 amide bonds. The van der Waals surface area contributed by atoms with Gasteiger partial charge in [-0.05, 0) is 77.9 Å². The molecular formula is C51H32N4OS. The molecule has 0 unspecified atom stereocenters. The van der Waals surface area contributed by atoms with Gasteiger partial charge in [0.15, 0.2) is 17.5 Å². The minimum absolute atomic E-state index is 0.596. The van der Waals surface area contributed by atoms with E-state index in [-0.39, 0.29) is 0 Å². The lowest BCUT2D eigenvalue weighted by molar-refractivity contribution is 0.669. The van der Waals surface area contributed by atoms with Crippen LogP contribution < -0.4 is 4.90 Å². The number of furan rings is 1. The summed E-state index contributed by atoms with van der Waals surface area (Å²) in [6.45, 7) is 0. The van der Waals surface area contributed by atoms with Crippen LogP contribution in [0.2, 0.25) is 0 Å². The van der Waals surface area contributed by atoms with Crippen LogP contribution in [0, 0.1) is 0 Å². The van der Waals surface area contributed by atoms with E-state index in [4.69, 9.17) is 19.4 Å². The van der Waals surface area contributed by atoms with Crippen molar-refractivity contribution in [2.75, 3.05) is 4.90 Å². The number of benzene rings is 8. The Morgan fingerprint density at radius 2 is 0.877 bits per heavy atom. The van der Waals surface area contributed by atoms with E-state index < -0.39 is 0 Å². The second-order valence-electron chi connectivity index (χ2n) is 14.0. The lowest BCUT2D eigenvalue weighted by Crippen LogP contribution is -2.10. The third kappa shape index (κ3) is 5.91. The Morgan fingerprint density at radius 1 is 0.368 bits per heavy atom. The van der Waals surface area contributed by atoms with Crippen molar-refractivity contribution in [3.63, 3.8) is 0 Å². The summed E-state index contributed by atoms with van der Waals surface area (Å²) in [6, 6.07) is 67.5. The number of nitrogens with zero attached hydrogens (tertiary/aromatic N) is 4. The van der Waals surface area contributed by atoms with Crippen molar-refractivity contribution in [3.05, 3.63) is 194 Å². The number of hydrogen-bond acceptors (Lipinski definition) is 6. The van der Waals surface area contributed by atoms with Crippen molar-refractivity contribution < 1.29 is 4.42 Å². The molecule has 0 fully saturated rings. The quantitative estimate of drug-likeness (QED) is 0.162. The largest absolute Gasteiger partial charge is 0.456 e. The van der Waals surface area contributed by atoms with Gasteiger partial charge in [0.05, 0.1) is 5.69 Å². The van der Waals surface area contributed by atoms with Crippen LogP contribution in [0.1, 0.15) is 0 Å². The Hall–Kier alpha value is -7.41. The van der Waals surface area contributed by atoms with E-state index >= 15 is 0 Å². The Kier molecular flexibility index (Phi) is 7.93. The van der Waals surface area contributed by atoms with E-state index in [1.807, 2.05) is 78.1 Å². The summed E-state index contributed by atoms with van der Waals surface area (Å²) in [4.78, 5) is 17.1. The fourth-order valence-corrected chi connectivity index (χ4v) is 8.91. The van der Waals surface area contributed by atoms with Crippen LogP contribution in [0.5, 0.6) is 0 Å². The van der Waals surface area contributed by atoms with Crippen molar-refractivity contribution in [2.45, 2.75) is 0 Å². The van der Waals surface area contributed by atoms with Crippen molar-refractivity contribution in [3.8, 4) is 45.3 Å². The summed E-state index contributed by atoms with van der Waals surface area (Å²) >= 11 is 1.84. The Bertz CT molecular complexity index is 3170. The van der Waals surface area contributed by atoms with Gasteiger partial charge in [0.2, 0.25) is 0 Å². The first-order chi connectivity index (χ1) is 28.2. The highest BCUT2D eigenvalue weighted by Gasteiger charge is 2.19. The Balaban J connectivity index is 0.960. The van der Waals surface area contributed by atoms with Gasteiger partial charge in [-0.15, -0.1) is 11.3 Å². The minimum Gasteiger partial charge on any atom is -0.456 e. The van der Waals surface area contributed by atoms with E-state index in [1.54, 1.807) is 0 Å². The van der Waals surface area contributed by atoms with E-state index in [0.717, 1.165) is 66.8 Å². The van der Waals surface area contributed by atoms with Crippen LogP contribution in [0.25, 0.3) is 87.4 Å². The van der Waals surface area contributed by atoms with Gasteiger partial charge < -0.3 is 9.32 Å². The molecule has 3 aromatic heterocycles. The van der Waals surface area contributed by atoms with Crippen molar-refractivity contribution in [2.24, 2.45) is 0 Å². The number of rotatable bonds is 7. The normalized spacial score (nSPS) is 11.5. The molecule has 0 aliphatic carbocycles. The molecule has 11 aromatic rings. The number of thiophene rings is 1. The molecule has 3 heterocycles. The maximum Gasteiger partial charge on any atom is 0.164 e. The zero-order valence-electron chi connectivity index (χ0n) is 30.6. The van der Waals surface area contributed by atoms with Crippen LogP contribution in [0.15, 0.2) is 199 Å². The molecule has 0 saturated carbocycles. The van der Waals surface area contributed by atoms with Gasteiger partial charge in [0, 0.05) is 59.0 Å². The second kappa shape index (κ2) is 13.7. The van der Waals surface area contributed by atoms with Crippen molar-refractivity contribution in [1.82, 2.24) is 15.0 Å². The number of aromatic nitrogens is 3. The molecule has 57 heavy (non-hydrogen) atoms. The van der Waals surface area contributed by atoms with Gasteiger partial charge in [-0.3, -0.25) is 0 Å². The summed E-state index contributed by atoms with van der Waals surface area (Å²) in [5.41, 5.74) is 9.91. The topological polar surface area (TPSA) is 55.1 Å². The first-order valence-corrected chi connectivity index (χ1v) is 19.7. The molecule has 0 bridgehead atoms. The third-order valence-corrected chi connectivity index (χ3v) is 11.7. The Labute approximate surface area is 332 Å². The molecule has 0 aliphatic rings. The SMILES string of the molecule is c1ccc(-c2nc(-c3ccccc3)nc(-c3ccc4c(c3)oc3cc(-c5ccc(N(c6ccccc6)c6cccc7sc8ccccc8c67)cc5)ccc34)n2)cc1. The van der Waals surface area contributed by atoms with Crippen LogP contribution in [0.4, 0.5) is 17.1 Å². The second-order valence-corrected chi connectivity index (χ2v) is 15.1. The molecule has 0 atom stereocenters. The van der Waals surface area contributed by atoms with Crippen molar-refractivity contribution >= 4 is 70.5 Å².